The van der Waals surface area contributed by atoms with Crippen molar-refractivity contribution in [2.24, 2.45) is 5.73 Å². The molecule has 1 aromatic rings. The molecular formula is C9H12ClNO2. The summed E-state index contributed by atoms with van der Waals surface area (Å²) in [4.78, 5) is 10.3. The van der Waals surface area contributed by atoms with E-state index in [4.69, 9.17) is 10.8 Å². The molecule has 0 saturated heterocycles. The molecule has 0 bridgehead atoms. The highest BCUT2D eigenvalue weighted by Gasteiger charge is 1.99. The molecule has 0 aliphatic heterocycles. The number of aliphatic carboxylic acids is 1. The molecule has 0 spiro atoms. The third kappa shape index (κ3) is 3.92. The fourth-order valence-corrected chi connectivity index (χ4v) is 1.04. The van der Waals surface area contributed by atoms with E-state index in [1.807, 2.05) is 18.2 Å². The molecule has 0 heterocycles. The van der Waals surface area contributed by atoms with E-state index >= 15 is 0 Å². The quantitative estimate of drug-likeness (QED) is 0.773. The first kappa shape index (κ1) is 11.9. The Bertz CT molecular complexity index is 289. The minimum Gasteiger partial charge on any atom is -0.481 e. The third-order valence-electron chi connectivity index (χ3n) is 1.58. The monoisotopic (exact) mass is 201 g/mol. The second-order valence-corrected chi connectivity index (χ2v) is 2.59. The topological polar surface area (TPSA) is 63.3 Å². The molecule has 4 heteroatoms. The van der Waals surface area contributed by atoms with Crippen molar-refractivity contribution in [1.82, 2.24) is 0 Å². The van der Waals surface area contributed by atoms with E-state index in [2.05, 4.69) is 0 Å². The minimum atomic E-state index is -0.816. The molecule has 0 aliphatic rings. The van der Waals surface area contributed by atoms with Crippen molar-refractivity contribution in [3.63, 3.8) is 0 Å². The van der Waals surface area contributed by atoms with Crippen molar-refractivity contribution >= 4 is 18.4 Å². The van der Waals surface area contributed by atoms with E-state index in [0.29, 0.717) is 6.54 Å². The molecule has 0 atom stereocenters. The molecule has 0 aromatic heterocycles. The Morgan fingerprint density at radius 3 is 2.54 bits per heavy atom. The molecule has 1 aromatic carbocycles. The van der Waals surface area contributed by atoms with Crippen LogP contribution in [0.3, 0.4) is 0 Å². The number of hydrogen-bond acceptors (Lipinski definition) is 2. The minimum absolute atomic E-state index is 0. The van der Waals surface area contributed by atoms with E-state index < -0.39 is 5.97 Å². The summed E-state index contributed by atoms with van der Waals surface area (Å²) in [5.41, 5.74) is 7.17. The average Bonchev–Trinajstić information content (AvgIpc) is 2.03. The first-order valence-electron chi connectivity index (χ1n) is 3.72. The van der Waals surface area contributed by atoms with Crippen LogP contribution in [0.25, 0.3) is 0 Å². The van der Waals surface area contributed by atoms with Crippen molar-refractivity contribution in [1.29, 1.82) is 0 Å². The molecule has 0 radical (unpaired) electrons. The zero-order valence-electron chi connectivity index (χ0n) is 7.06. The van der Waals surface area contributed by atoms with Crippen LogP contribution in [-0.2, 0) is 17.8 Å². The predicted octanol–water partition coefficient (Wildman–Crippen LogP) is 1.19. The van der Waals surface area contributed by atoms with Gasteiger partial charge in [-0.2, -0.15) is 0 Å². The van der Waals surface area contributed by atoms with E-state index in [-0.39, 0.29) is 18.8 Å². The summed E-state index contributed by atoms with van der Waals surface area (Å²) in [5.74, 6) is -0.816. The van der Waals surface area contributed by atoms with Crippen LogP contribution in [-0.4, -0.2) is 11.1 Å². The molecule has 0 fully saturated rings. The standard InChI is InChI=1S/C9H11NO2.ClH/c10-6-8-3-1-2-7(4-8)5-9(11)12;/h1-4H,5-6,10H2,(H,11,12);1H. The summed E-state index contributed by atoms with van der Waals surface area (Å²) < 4.78 is 0. The Morgan fingerprint density at radius 1 is 1.38 bits per heavy atom. The molecule has 0 amide bonds. The summed E-state index contributed by atoms with van der Waals surface area (Å²) in [6.07, 6.45) is 0.0633. The van der Waals surface area contributed by atoms with Gasteiger partial charge in [-0.1, -0.05) is 24.3 Å². The molecule has 0 aliphatic carbocycles. The summed E-state index contributed by atoms with van der Waals surface area (Å²) >= 11 is 0. The van der Waals surface area contributed by atoms with Crippen LogP contribution in [0.4, 0.5) is 0 Å². The third-order valence-corrected chi connectivity index (χ3v) is 1.58. The van der Waals surface area contributed by atoms with E-state index in [1.165, 1.54) is 0 Å². The van der Waals surface area contributed by atoms with Gasteiger partial charge in [-0.05, 0) is 11.1 Å². The van der Waals surface area contributed by atoms with Crippen molar-refractivity contribution in [2.45, 2.75) is 13.0 Å². The number of rotatable bonds is 3. The van der Waals surface area contributed by atoms with Crippen LogP contribution in [0, 0.1) is 0 Å². The van der Waals surface area contributed by atoms with Crippen LogP contribution >= 0.6 is 12.4 Å². The van der Waals surface area contributed by atoms with E-state index in [9.17, 15) is 4.79 Å². The number of halogens is 1. The Kier molecular flexibility index (Phi) is 5.11. The lowest BCUT2D eigenvalue weighted by Crippen LogP contribution is -2.02. The van der Waals surface area contributed by atoms with Gasteiger partial charge in [-0.3, -0.25) is 4.79 Å². The second kappa shape index (κ2) is 5.56. The van der Waals surface area contributed by atoms with Gasteiger partial charge < -0.3 is 10.8 Å². The smallest absolute Gasteiger partial charge is 0.307 e. The van der Waals surface area contributed by atoms with E-state index in [1.54, 1.807) is 6.07 Å². The Hall–Kier alpha value is -1.06. The zero-order chi connectivity index (χ0) is 8.97. The first-order valence-corrected chi connectivity index (χ1v) is 3.72. The maximum Gasteiger partial charge on any atom is 0.307 e. The molecule has 72 valence electrons. The highest BCUT2D eigenvalue weighted by molar-refractivity contribution is 5.85. The highest BCUT2D eigenvalue weighted by Crippen LogP contribution is 2.04. The Morgan fingerprint density at radius 2 is 2.00 bits per heavy atom. The maximum atomic E-state index is 10.3. The van der Waals surface area contributed by atoms with E-state index in [0.717, 1.165) is 11.1 Å². The summed E-state index contributed by atoms with van der Waals surface area (Å²) in [7, 11) is 0. The average molecular weight is 202 g/mol. The first-order chi connectivity index (χ1) is 5.72. The van der Waals surface area contributed by atoms with Gasteiger partial charge in [0.2, 0.25) is 0 Å². The van der Waals surface area contributed by atoms with Gasteiger partial charge in [0.1, 0.15) is 0 Å². The van der Waals surface area contributed by atoms with Gasteiger partial charge in [0.05, 0.1) is 6.42 Å². The fourth-order valence-electron chi connectivity index (χ4n) is 1.04. The van der Waals surface area contributed by atoms with Crippen LogP contribution in [0.2, 0.25) is 0 Å². The summed E-state index contributed by atoms with van der Waals surface area (Å²) in [6.45, 7) is 0.452. The molecule has 1 rings (SSSR count). The number of carbonyl (C=O) groups is 1. The van der Waals surface area contributed by atoms with Crippen LogP contribution in [0.1, 0.15) is 11.1 Å². The van der Waals surface area contributed by atoms with Crippen molar-refractivity contribution < 1.29 is 9.90 Å². The lowest BCUT2D eigenvalue weighted by atomic mass is 10.1. The lowest BCUT2D eigenvalue weighted by molar-refractivity contribution is -0.136. The van der Waals surface area contributed by atoms with Gasteiger partial charge >= 0.3 is 5.97 Å². The molecule has 3 nitrogen and oxygen atoms in total. The van der Waals surface area contributed by atoms with Gasteiger partial charge in [0, 0.05) is 6.54 Å². The number of benzene rings is 1. The Labute approximate surface area is 83.0 Å². The van der Waals surface area contributed by atoms with Crippen LogP contribution < -0.4 is 5.73 Å². The van der Waals surface area contributed by atoms with Gasteiger partial charge in [0.15, 0.2) is 0 Å². The second-order valence-electron chi connectivity index (χ2n) is 2.59. The highest BCUT2D eigenvalue weighted by atomic mass is 35.5. The molecule has 0 saturated carbocycles. The van der Waals surface area contributed by atoms with Gasteiger partial charge in [-0.25, -0.2) is 0 Å². The maximum absolute atomic E-state index is 10.3. The van der Waals surface area contributed by atoms with Crippen LogP contribution in [0.15, 0.2) is 24.3 Å². The molecule has 13 heavy (non-hydrogen) atoms. The van der Waals surface area contributed by atoms with Gasteiger partial charge in [-0.15, -0.1) is 12.4 Å². The van der Waals surface area contributed by atoms with Crippen LogP contribution in [0.5, 0.6) is 0 Å². The molecular weight excluding hydrogens is 190 g/mol. The molecule has 3 N–H and O–H groups in total. The largest absolute Gasteiger partial charge is 0.481 e. The summed E-state index contributed by atoms with van der Waals surface area (Å²) in [5, 5.41) is 8.50. The summed E-state index contributed by atoms with van der Waals surface area (Å²) in [6, 6.07) is 7.30. The number of hydrogen-bond donors (Lipinski definition) is 2. The SMILES string of the molecule is Cl.NCc1cccc(CC(=O)O)c1. The van der Waals surface area contributed by atoms with Crippen molar-refractivity contribution in [2.75, 3.05) is 0 Å². The number of nitrogens with two attached hydrogens (primary N) is 1. The number of carboxylic acid groups (broad SMARTS) is 1. The van der Waals surface area contributed by atoms with Crippen molar-refractivity contribution in [3.8, 4) is 0 Å². The number of carboxylic acids is 1. The fraction of sp³-hybridized carbons (Fsp3) is 0.222. The molecule has 0 unspecified atom stereocenters. The normalized spacial score (nSPS) is 9.00. The zero-order valence-corrected chi connectivity index (χ0v) is 7.88. The predicted molar refractivity (Wildman–Crippen MR) is 52.9 cm³/mol. The Balaban J connectivity index is 0.00000144. The van der Waals surface area contributed by atoms with Gasteiger partial charge in [0.25, 0.3) is 0 Å². The van der Waals surface area contributed by atoms with Crippen molar-refractivity contribution in [3.05, 3.63) is 35.4 Å². The lowest BCUT2D eigenvalue weighted by Gasteiger charge is -1.99.